The van der Waals surface area contributed by atoms with Gasteiger partial charge >= 0.3 is 0 Å². The van der Waals surface area contributed by atoms with E-state index in [0.717, 1.165) is 10.0 Å². The van der Waals surface area contributed by atoms with Crippen molar-refractivity contribution < 1.29 is 4.79 Å². The Labute approximate surface area is 135 Å². The van der Waals surface area contributed by atoms with Gasteiger partial charge in [0.15, 0.2) is 0 Å². The van der Waals surface area contributed by atoms with E-state index in [1.807, 2.05) is 24.3 Å². The van der Waals surface area contributed by atoms with Crippen molar-refractivity contribution in [2.75, 3.05) is 7.05 Å². The first-order valence-corrected chi connectivity index (χ1v) is 7.34. The van der Waals surface area contributed by atoms with Gasteiger partial charge in [-0.25, -0.2) is 4.98 Å². The number of benzene rings is 1. The van der Waals surface area contributed by atoms with Gasteiger partial charge < -0.3 is 4.90 Å². The van der Waals surface area contributed by atoms with E-state index in [1.54, 1.807) is 24.1 Å². The number of hydrogen-bond donors (Lipinski definition) is 0. The van der Waals surface area contributed by atoms with E-state index in [0.29, 0.717) is 12.1 Å². The van der Waals surface area contributed by atoms with E-state index in [4.69, 9.17) is 23.2 Å². The number of carbonyl (C=O) groups excluding carboxylic acids is 1. The average molecular weight is 374 g/mol. The highest BCUT2D eigenvalue weighted by Gasteiger charge is 2.16. The van der Waals surface area contributed by atoms with Crippen molar-refractivity contribution >= 4 is 45.0 Å². The zero-order valence-corrected chi connectivity index (χ0v) is 13.7. The first-order chi connectivity index (χ1) is 9.47. The van der Waals surface area contributed by atoms with Crippen LogP contribution in [0.5, 0.6) is 0 Å². The molecular formula is C14H11BrCl2N2O. The topological polar surface area (TPSA) is 33.2 Å². The lowest BCUT2D eigenvalue weighted by molar-refractivity contribution is 0.0785. The van der Waals surface area contributed by atoms with Crippen molar-refractivity contribution in [1.29, 1.82) is 0 Å². The molecule has 0 radical (unpaired) electrons. The number of nitrogens with zero attached hydrogens (tertiary/aromatic N) is 2. The maximum atomic E-state index is 12.3. The van der Waals surface area contributed by atoms with E-state index in [-0.39, 0.29) is 16.2 Å². The third-order valence-electron chi connectivity index (χ3n) is 2.72. The predicted octanol–water partition coefficient (Wildman–Crippen LogP) is 4.42. The van der Waals surface area contributed by atoms with Crippen molar-refractivity contribution in [3.8, 4) is 0 Å². The summed E-state index contributed by atoms with van der Waals surface area (Å²) in [5, 5.41) is 0.382. The summed E-state index contributed by atoms with van der Waals surface area (Å²) in [4.78, 5) is 17.8. The van der Waals surface area contributed by atoms with Gasteiger partial charge in [0.1, 0.15) is 10.3 Å². The molecule has 0 aliphatic heterocycles. The van der Waals surface area contributed by atoms with Crippen molar-refractivity contribution in [3.05, 3.63) is 62.3 Å². The molecule has 0 aliphatic rings. The molecule has 104 valence electrons. The van der Waals surface area contributed by atoms with Crippen LogP contribution < -0.4 is 0 Å². The molecule has 3 nitrogen and oxygen atoms in total. The Balaban J connectivity index is 2.14. The number of pyridine rings is 1. The SMILES string of the molecule is CN(Cc1ccc(Br)cc1)C(=O)c1ccc(Cl)nc1Cl. The normalized spacial score (nSPS) is 10.4. The van der Waals surface area contributed by atoms with Gasteiger partial charge in [-0.2, -0.15) is 0 Å². The molecule has 1 heterocycles. The van der Waals surface area contributed by atoms with Crippen LogP contribution in [-0.4, -0.2) is 22.8 Å². The lowest BCUT2D eigenvalue weighted by atomic mass is 10.2. The number of hydrogen-bond acceptors (Lipinski definition) is 2. The summed E-state index contributed by atoms with van der Waals surface area (Å²) in [6, 6.07) is 10.9. The van der Waals surface area contributed by atoms with E-state index >= 15 is 0 Å². The number of amides is 1. The third-order valence-corrected chi connectivity index (χ3v) is 3.75. The third kappa shape index (κ3) is 3.72. The summed E-state index contributed by atoms with van der Waals surface area (Å²) in [6.45, 7) is 0.491. The van der Waals surface area contributed by atoms with Gasteiger partial charge in [-0.05, 0) is 29.8 Å². The van der Waals surface area contributed by atoms with Crippen LogP contribution in [0.1, 0.15) is 15.9 Å². The molecule has 0 atom stereocenters. The Morgan fingerprint density at radius 1 is 1.20 bits per heavy atom. The van der Waals surface area contributed by atoms with Gasteiger partial charge in [0, 0.05) is 18.1 Å². The molecule has 0 aliphatic carbocycles. The second-order valence-electron chi connectivity index (χ2n) is 4.26. The number of aromatic nitrogens is 1. The van der Waals surface area contributed by atoms with E-state index in [1.165, 1.54) is 0 Å². The predicted molar refractivity (Wildman–Crippen MR) is 84.2 cm³/mol. The fourth-order valence-corrected chi connectivity index (χ4v) is 2.40. The Bertz CT molecular complexity index is 632. The van der Waals surface area contributed by atoms with Crippen LogP contribution in [0.4, 0.5) is 0 Å². The Hall–Kier alpha value is -1.10. The summed E-state index contributed by atoms with van der Waals surface area (Å²) in [5.74, 6) is -0.193. The molecule has 0 N–H and O–H groups in total. The molecule has 0 saturated carbocycles. The molecule has 1 aromatic carbocycles. The Morgan fingerprint density at radius 2 is 1.85 bits per heavy atom. The Morgan fingerprint density at radius 3 is 2.45 bits per heavy atom. The molecule has 0 spiro atoms. The summed E-state index contributed by atoms with van der Waals surface area (Å²) in [5.41, 5.74) is 1.37. The van der Waals surface area contributed by atoms with Gasteiger partial charge in [-0.15, -0.1) is 0 Å². The van der Waals surface area contributed by atoms with Crippen LogP contribution in [0.25, 0.3) is 0 Å². The minimum atomic E-state index is -0.193. The van der Waals surface area contributed by atoms with Crippen molar-refractivity contribution in [3.63, 3.8) is 0 Å². The molecule has 0 bridgehead atoms. The van der Waals surface area contributed by atoms with Gasteiger partial charge in [-0.3, -0.25) is 4.79 Å². The molecule has 0 fully saturated rings. The van der Waals surface area contributed by atoms with Gasteiger partial charge in [0.2, 0.25) is 0 Å². The maximum Gasteiger partial charge on any atom is 0.257 e. The number of carbonyl (C=O) groups is 1. The Kier molecular flexibility index (Phi) is 5.02. The van der Waals surface area contributed by atoms with Crippen LogP contribution in [0.15, 0.2) is 40.9 Å². The van der Waals surface area contributed by atoms with Crippen LogP contribution in [0.3, 0.4) is 0 Å². The number of halogens is 3. The molecule has 1 aromatic heterocycles. The first kappa shape index (κ1) is 15.3. The van der Waals surface area contributed by atoms with Gasteiger partial charge in [0.25, 0.3) is 5.91 Å². The largest absolute Gasteiger partial charge is 0.337 e. The zero-order valence-electron chi connectivity index (χ0n) is 10.6. The summed E-state index contributed by atoms with van der Waals surface area (Å²) in [6.07, 6.45) is 0. The quantitative estimate of drug-likeness (QED) is 0.746. The maximum absolute atomic E-state index is 12.3. The standard InChI is InChI=1S/C14H11BrCl2N2O/c1-19(8-9-2-4-10(15)5-3-9)14(20)11-6-7-12(16)18-13(11)17/h2-7H,8H2,1H3. The molecular weight excluding hydrogens is 363 g/mol. The molecule has 6 heteroatoms. The van der Waals surface area contributed by atoms with E-state index < -0.39 is 0 Å². The smallest absolute Gasteiger partial charge is 0.257 e. The fourth-order valence-electron chi connectivity index (χ4n) is 1.71. The summed E-state index contributed by atoms with van der Waals surface area (Å²) in [7, 11) is 1.72. The molecule has 1 amide bonds. The summed E-state index contributed by atoms with van der Waals surface area (Å²) < 4.78 is 1.00. The van der Waals surface area contributed by atoms with Gasteiger partial charge in [0.05, 0.1) is 5.56 Å². The molecule has 2 aromatic rings. The number of rotatable bonds is 3. The highest BCUT2D eigenvalue weighted by atomic mass is 79.9. The second-order valence-corrected chi connectivity index (χ2v) is 5.92. The lowest BCUT2D eigenvalue weighted by Crippen LogP contribution is -2.26. The first-order valence-electron chi connectivity index (χ1n) is 5.79. The second kappa shape index (κ2) is 6.57. The molecule has 0 saturated heterocycles. The van der Waals surface area contributed by atoms with Crippen LogP contribution >= 0.6 is 39.1 Å². The van der Waals surface area contributed by atoms with E-state index in [2.05, 4.69) is 20.9 Å². The van der Waals surface area contributed by atoms with Crippen LogP contribution in [0.2, 0.25) is 10.3 Å². The average Bonchev–Trinajstić information content (AvgIpc) is 2.40. The van der Waals surface area contributed by atoms with Crippen molar-refractivity contribution in [2.24, 2.45) is 0 Å². The molecule has 0 unspecified atom stereocenters. The fraction of sp³-hybridized carbons (Fsp3) is 0.143. The van der Waals surface area contributed by atoms with Crippen LogP contribution in [-0.2, 0) is 6.54 Å². The highest BCUT2D eigenvalue weighted by molar-refractivity contribution is 9.10. The minimum Gasteiger partial charge on any atom is -0.337 e. The lowest BCUT2D eigenvalue weighted by Gasteiger charge is -2.17. The molecule has 2 rings (SSSR count). The molecule has 20 heavy (non-hydrogen) atoms. The minimum absolute atomic E-state index is 0.116. The zero-order chi connectivity index (χ0) is 14.7. The van der Waals surface area contributed by atoms with Gasteiger partial charge in [-0.1, -0.05) is 51.3 Å². The monoisotopic (exact) mass is 372 g/mol. The van der Waals surface area contributed by atoms with Crippen molar-refractivity contribution in [2.45, 2.75) is 6.54 Å². The highest BCUT2D eigenvalue weighted by Crippen LogP contribution is 2.19. The van der Waals surface area contributed by atoms with E-state index in [9.17, 15) is 4.79 Å². The van der Waals surface area contributed by atoms with Crippen LogP contribution in [0, 0.1) is 0 Å². The summed E-state index contributed by atoms with van der Waals surface area (Å²) >= 11 is 15.0. The van der Waals surface area contributed by atoms with Crippen molar-refractivity contribution in [1.82, 2.24) is 9.88 Å².